The van der Waals surface area contributed by atoms with E-state index in [1.807, 2.05) is 0 Å². The maximum atomic E-state index is 13.0. The van der Waals surface area contributed by atoms with E-state index in [1.54, 1.807) is 0 Å². The van der Waals surface area contributed by atoms with Crippen LogP contribution < -0.4 is 5.56 Å². The highest BCUT2D eigenvalue weighted by Crippen LogP contribution is 2.14. The van der Waals surface area contributed by atoms with E-state index in [0.717, 1.165) is 19.3 Å². The second-order valence-electron chi connectivity index (χ2n) is 5.69. The summed E-state index contributed by atoms with van der Waals surface area (Å²) in [6, 6.07) is 8.17. The smallest absolute Gasteiger partial charge is 0.339 e. The largest absolute Gasteiger partial charge is 0.459 e. The molecule has 2 aromatic rings. The van der Waals surface area contributed by atoms with Crippen LogP contribution >= 0.6 is 0 Å². The van der Waals surface area contributed by atoms with Crippen molar-refractivity contribution in [3.8, 4) is 5.69 Å². The van der Waals surface area contributed by atoms with Crippen molar-refractivity contribution in [3.05, 3.63) is 64.3 Å². The fourth-order valence-corrected chi connectivity index (χ4v) is 2.60. The number of carbonyl (C=O) groups excluding carboxylic acids is 1. The van der Waals surface area contributed by atoms with Crippen LogP contribution in [0.3, 0.4) is 0 Å². The summed E-state index contributed by atoms with van der Waals surface area (Å²) < 4.78 is 25.1. The number of rotatable bonds is 4. The molecule has 6 heteroatoms. The Hall–Kier alpha value is -2.47. The predicted octanol–water partition coefficient (Wildman–Crippen LogP) is 2.70. The third-order valence-electron chi connectivity index (χ3n) is 3.93. The lowest BCUT2D eigenvalue weighted by Crippen LogP contribution is -2.26. The first-order chi connectivity index (χ1) is 11.6. The van der Waals surface area contributed by atoms with Gasteiger partial charge in [0.05, 0.1) is 11.7 Å². The van der Waals surface area contributed by atoms with Gasteiger partial charge in [-0.3, -0.25) is 9.36 Å². The first-order valence-electron chi connectivity index (χ1n) is 7.91. The first kappa shape index (κ1) is 16.4. The molecular formula is C18H18FNO4. The van der Waals surface area contributed by atoms with E-state index in [2.05, 4.69) is 0 Å². The molecule has 1 atom stereocenters. The van der Waals surface area contributed by atoms with E-state index in [0.29, 0.717) is 12.3 Å². The van der Waals surface area contributed by atoms with Crippen LogP contribution in [0.5, 0.6) is 0 Å². The number of hydrogen-bond donors (Lipinski definition) is 0. The lowest BCUT2D eigenvalue weighted by molar-refractivity contribution is -0.0300. The van der Waals surface area contributed by atoms with Crippen molar-refractivity contribution in [1.29, 1.82) is 0 Å². The second-order valence-corrected chi connectivity index (χ2v) is 5.69. The van der Waals surface area contributed by atoms with Gasteiger partial charge < -0.3 is 9.47 Å². The van der Waals surface area contributed by atoms with Gasteiger partial charge in [0.25, 0.3) is 5.56 Å². The molecule has 1 saturated heterocycles. The Labute approximate surface area is 138 Å². The number of pyridine rings is 1. The molecule has 126 valence electrons. The van der Waals surface area contributed by atoms with Crippen molar-refractivity contribution in [2.24, 2.45) is 0 Å². The molecule has 1 aliphatic heterocycles. The normalized spacial score (nSPS) is 17.5. The van der Waals surface area contributed by atoms with Crippen molar-refractivity contribution in [3.63, 3.8) is 0 Å². The average Bonchev–Trinajstić information content (AvgIpc) is 2.62. The van der Waals surface area contributed by atoms with E-state index in [4.69, 9.17) is 9.47 Å². The monoisotopic (exact) mass is 331 g/mol. The summed E-state index contributed by atoms with van der Waals surface area (Å²) in [5.41, 5.74) is 0.426. The maximum Gasteiger partial charge on any atom is 0.339 e. The van der Waals surface area contributed by atoms with Crippen LogP contribution in [0.2, 0.25) is 0 Å². The lowest BCUT2D eigenvalue weighted by Gasteiger charge is -2.22. The standard InChI is InChI=1S/C18H18FNO4/c19-14-5-7-15(8-6-14)20-11-13(4-9-17(20)21)18(22)24-12-16-3-1-2-10-23-16/h4-9,11,16H,1-3,10,12H2/t16-/m1/s1. The summed E-state index contributed by atoms with van der Waals surface area (Å²) in [6.07, 6.45) is 4.32. The lowest BCUT2D eigenvalue weighted by atomic mass is 10.1. The van der Waals surface area contributed by atoms with Crippen LogP contribution in [0.25, 0.3) is 5.69 Å². The number of carbonyl (C=O) groups is 1. The molecule has 0 bridgehead atoms. The van der Waals surface area contributed by atoms with Crippen LogP contribution in [-0.4, -0.2) is 29.9 Å². The van der Waals surface area contributed by atoms with Gasteiger partial charge in [0.15, 0.2) is 0 Å². The highest BCUT2D eigenvalue weighted by molar-refractivity contribution is 5.89. The Bertz CT molecular complexity index is 763. The van der Waals surface area contributed by atoms with Crippen LogP contribution in [0.15, 0.2) is 47.4 Å². The van der Waals surface area contributed by atoms with Crippen LogP contribution in [0.1, 0.15) is 29.6 Å². The maximum absolute atomic E-state index is 13.0. The topological polar surface area (TPSA) is 57.5 Å². The van der Waals surface area contributed by atoms with E-state index < -0.39 is 11.8 Å². The highest BCUT2D eigenvalue weighted by atomic mass is 19.1. The summed E-state index contributed by atoms with van der Waals surface area (Å²) in [6.45, 7) is 0.895. The highest BCUT2D eigenvalue weighted by Gasteiger charge is 2.17. The molecule has 0 radical (unpaired) electrons. The minimum absolute atomic E-state index is 0.0642. The van der Waals surface area contributed by atoms with E-state index in [1.165, 1.54) is 47.2 Å². The fourth-order valence-electron chi connectivity index (χ4n) is 2.60. The van der Waals surface area contributed by atoms with Gasteiger partial charge in [-0.1, -0.05) is 0 Å². The summed E-state index contributed by atoms with van der Waals surface area (Å²) in [7, 11) is 0. The summed E-state index contributed by atoms with van der Waals surface area (Å²) >= 11 is 0. The van der Waals surface area contributed by atoms with Crippen molar-refractivity contribution >= 4 is 5.97 Å². The number of halogens is 1. The van der Waals surface area contributed by atoms with Crippen molar-refractivity contribution in [2.45, 2.75) is 25.4 Å². The quantitative estimate of drug-likeness (QED) is 0.808. The number of nitrogens with zero attached hydrogens (tertiary/aromatic N) is 1. The molecule has 0 aliphatic carbocycles. The van der Waals surface area contributed by atoms with Crippen LogP contribution in [-0.2, 0) is 9.47 Å². The molecule has 1 aromatic carbocycles. The third-order valence-corrected chi connectivity index (χ3v) is 3.93. The molecule has 3 rings (SSSR count). The molecule has 0 N–H and O–H groups in total. The Balaban J connectivity index is 1.73. The molecule has 0 saturated carbocycles. The van der Waals surface area contributed by atoms with Gasteiger partial charge in [0.1, 0.15) is 12.4 Å². The van der Waals surface area contributed by atoms with Gasteiger partial charge >= 0.3 is 5.97 Å². The molecule has 2 heterocycles. The van der Waals surface area contributed by atoms with Gasteiger partial charge in [-0.05, 0) is 49.6 Å². The predicted molar refractivity (Wildman–Crippen MR) is 85.9 cm³/mol. The van der Waals surface area contributed by atoms with E-state index >= 15 is 0 Å². The van der Waals surface area contributed by atoms with E-state index in [-0.39, 0.29) is 23.8 Å². The minimum atomic E-state index is -0.514. The number of hydrogen-bond acceptors (Lipinski definition) is 4. The fraction of sp³-hybridized carbons (Fsp3) is 0.333. The molecule has 0 spiro atoms. The Morgan fingerprint density at radius 1 is 1.21 bits per heavy atom. The molecular weight excluding hydrogens is 313 g/mol. The average molecular weight is 331 g/mol. The van der Waals surface area contributed by atoms with Crippen LogP contribution in [0.4, 0.5) is 4.39 Å². The number of ether oxygens (including phenoxy) is 2. The van der Waals surface area contributed by atoms with Gasteiger partial charge in [0, 0.05) is 24.6 Å². The second kappa shape index (κ2) is 7.40. The SMILES string of the molecule is O=C(OC[C@H]1CCCCO1)c1ccc(=O)n(-c2ccc(F)cc2)c1. The Morgan fingerprint density at radius 2 is 2.00 bits per heavy atom. The van der Waals surface area contributed by atoms with Crippen molar-refractivity contribution < 1.29 is 18.7 Å². The Morgan fingerprint density at radius 3 is 2.71 bits per heavy atom. The van der Waals surface area contributed by atoms with E-state index in [9.17, 15) is 14.0 Å². The van der Waals surface area contributed by atoms with Gasteiger partial charge in [-0.2, -0.15) is 0 Å². The molecule has 0 unspecified atom stereocenters. The van der Waals surface area contributed by atoms with Crippen LogP contribution in [0, 0.1) is 5.82 Å². The zero-order valence-electron chi connectivity index (χ0n) is 13.1. The number of benzene rings is 1. The first-order valence-corrected chi connectivity index (χ1v) is 7.91. The number of aromatic nitrogens is 1. The van der Waals surface area contributed by atoms with Gasteiger partial charge in [0.2, 0.25) is 0 Å². The minimum Gasteiger partial charge on any atom is -0.459 e. The third kappa shape index (κ3) is 3.89. The van der Waals surface area contributed by atoms with Crippen molar-refractivity contribution in [2.75, 3.05) is 13.2 Å². The zero-order valence-corrected chi connectivity index (χ0v) is 13.1. The molecule has 1 fully saturated rings. The molecule has 24 heavy (non-hydrogen) atoms. The molecule has 0 amide bonds. The summed E-state index contributed by atoms with van der Waals surface area (Å²) in [4.78, 5) is 24.2. The number of esters is 1. The van der Waals surface area contributed by atoms with Gasteiger partial charge in [-0.15, -0.1) is 0 Å². The van der Waals surface area contributed by atoms with Crippen molar-refractivity contribution in [1.82, 2.24) is 4.57 Å². The summed E-state index contributed by atoms with van der Waals surface area (Å²) in [5.74, 6) is -0.908. The molecule has 5 nitrogen and oxygen atoms in total. The van der Waals surface area contributed by atoms with Gasteiger partial charge in [-0.25, -0.2) is 9.18 Å². The Kier molecular flexibility index (Phi) is 5.05. The molecule has 1 aromatic heterocycles. The zero-order chi connectivity index (χ0) is 16.9. The molecule has 1 aliphatic rings. The summed E-state index contributed by atoms with van der Waals surface area (Å²) in [5, 5.41) is 0.